The van der Waals surface area contributed by atoms with Gasteiger partial charge < -0.3 is 4.74 Å². The average molecular weight is 457 g/mol. The summed E-state index contributed by atoms with van der Waals surface area (Å²) in [5.74, 6) is -0.640. The zero-order valence-corrected chi connectivity index (χ0v) is 18.3. The molecule has 0 saturated carbocycles. The molecule has 0 bridgehead atoms. The number of aromatic nitrogens is 4. The molecule has 0 spiro atoms. The van der Waals surface area contributed by atoms with Gasteiger partial charge in [0.2, 0.25) is 0 Å². The number of nitrogens with zero attached hydrogens (tertiary/aromatic N) is 4. The molecule has 0 radical (unpaired) electrons. The van der Waals surface area contributed by atoms with Gasteiger partial charge in [-0.3, -0.25) is 9.20 Å². The molecule has 3 aromatic heterocycles. The Kier molecular flexibility index (Phi) is 5.80. The minimum atomic E-state index is -0.640. The molecule has 4 rings (SSSR count). The standard InChI is InChI=1S/C22H18Cl2N4O3/c1-13-6-5-9-18-25-16(10-19(29)28(13)18)12-31-22(30)20-14(2)26-27(21(20)24)11-15-7-3-4-8-17(15)23/h3-10H,11-12H2,1-2H3. The van der Waals surface area contributed by atoms with Crippen LogP contribution in [0.5, 0.6) is 0 Å². The Balaban J connectivity index is 1.54. The van der Waals surface area contributed by atoms with Gasteiger partial charge in [0.1, 0.15) is 23.0 Å². The van der Waals surface area contributed by atoms with Crippen molar-refractivity contribution < 1.29 is 9.53 Å². The van der Waals surface area contributed by atoms with Crippen molar-refractivity contribution in [2.45, 2.75) is 27.0 Å². The van der Waals surface area contributed by atoms with E-state index in [0.717, 1.165) is 11.3 Å². The lowest BCUT2D eigenvalue weighted by Crippen LogP contribution is -2.18. The van der Waals surface area contributed by atoms with Gasteiger partial charge in [-0.2, -0.15) is 5.10 Å². The van der Waals surface area contributed by atoms with E-state index in [1.807, 2.05) is 37.3 Å². The maximum Gasteiger partial charge on any atom is 0.343 e. The summed E-state index contributed by atoms with van der Waals surface area (Å²) < 4.78 is 8.37. The molecule has 0 aliphatic rings. The van der Waals surface area contributed by atoms with Gasteiger partial charge in [0.25, 0.3) is 5.56 Å². The number of esters is 1. The van der Waals surface area contributed by atoms with E-state index in [2.05, 4.69) is 10.1 Å². The zero-order chi connectivity index (χ0) is 22.1. The van der Waals surface area contributed by atoms with Crippen LogP contribution in [0.3, 0.4) is 0 Å². The molecule has 0 aliphatic heterocycles. The summed E-state index contributed by atoms with van der Waals surface area (Å²) in [5.41, 5.74) is 2.79. The first-order valence-electron chi connectivity index (χ1n) is 9.47. The van der Waals surface area contributed by atoms with E-state index in [4.69, 9.17) is 27.9 Å². The summed E-state index contributed by atoms with van der Waals surface area (Å²) in [5, 5.41) is 5.08. The topological polar surface area (TPSA) is 78.5 Å². The fraction of sp³-hybridized carbons (Fsp3) is 0.182. The van der Waals surface area contributed by atoms with Gasteiger partial charge in [0.05, 0.1) is 17.9 Å². The van der Waals surface area contributed by atoms with Crippen LogP contribution in [0.2, 0.25) is 10.2 Å². The maximum absolute atomic E-state index is 12.7. The number of rotatable bonds is 5. The van der Waals surface area contributed by atoms with Crippen molar-refractivity contribution in [2.75, 3.05) is 0 Å². The van der Waals surface area contributed by atoms with Crippen molar-refractivity contribution in [1.82, 2.24) is 19.2 Å². The summed E-state index contributed by atoms with van der Waals surface area (Å²) >= 11 is 12.6. The van der Waals surface area contributed by atoms with Crippen LogP contribution in [0.25, 0.3) is 5.65 Å². The van der Waals surface area contributed by atoms with Gasteiger partial charge in [-0.15, -0.1) is 0 Å². The molecule has 3 heterocycles. The summed E-state index contributed by atoms with van der Waals surface area (Å²) in [6.45, 7) is 3.65. The Morgan fingerprint density at radius 1 is 1.10 bits per heavy atom. The minimum absolute atomic E-state index is 0.157. The molecule has 1 aromatic carbocycles. The fourth-order valence-corrected chi connectivity index (χ4v) is 3.83. The van der Waals surface area contributed by atoms with Gasteiger partial charge in [-0.25, -0.2) is 14.5 Å². The van der Waals surface area contributed by atoms with Crippen LogP contribution in [-0.2, 0) is 17.9 Å². The number of hydrogen-bond donors (Lipinski definition) is 0. The number of fused-ring (bicyclic) bond motifs is 1. The number of aryl methyl sites for hydroxylation is 2. The lowest BCUT2D eigenvalue weighted by molar-refractivity contribution is 0.0467. The van der Waals surface area contributed by atoms with Gasteiger partial charge in [0.15, 0.2) is 0 Å². The molecular formula is C22H18Cl2N4O3. The lowest BCUT2D eigenvalue weighted by Gasteiger charge is -2.08. The van der Waals surface area contributed by atoms with E-state index in [-0.39, 0.29) is 22.9 Å². The zero-order valence-electron chi connectivity index (χ0n) is 16.8. The molecular weight excluding hydrogens is 439 g/mol. The lowest BCUT2D eigenvalue weighted by atomic mass is 10.2. The van der Waals surface area contributed by atoms with Gasteiger partial charge in [0, 0.05) is 16.8 Å². The van der Waals surface area contributed by atoms with Gasteiger partial charge in [-0.05, 0) is 37.6 Å². The number of carbonyl (C=O) groups is 1. The highest BCUT2D eigenvalue weighted by Gasteiger charge is 2.22. The Bertz CT molecular complexity index is 1360. The summed E-state index contributed by atoms with van der Waals surface area (Å²) in [7, 11) is 0. The van der Waals surface area contributed by atoms with Gasteiger partial charge >= 0.3 is 5.97 Å². The average Bonchev–Trinajstić information content (AvgIpc) is 3.01. The molecule has 9 heteroatoms. The first kappa shape index (κ1) is 21.1. The molecule has 0 N–H and O–H groups in total. The Labute approximate surface area is 187 Å². The number of halogens is 2. The van der Waals surface area contributed by atoms with E-state index in [0.29, 0.717) is 28.6 Å². The number of benzene rings is 1. The van der Waals surface area contributed by atoms with E-state index < -0.39 is 5.97 Å². The van der Waals surface area contributed by atoms with Crippen LogP contribution >= 0.6 is 23.2 Å². The van der Waals surface area contributed by atoms with Crippen LogP contribution in [0.1, 0.15) is 33.0 Å². The molecule has 158 valence electrons. The SMILES string of the molecule is Cc1nn(Cc2ccccc2Cl)c(Cl)c1C(=O)OCc1cc(=O)n2c(C)cccc2n1. The molecule has 0 amide bonds. The maximum atomic E-state index is 12.7. The van der Waals surface area contributed by atoms with Crippen molar-refractivity contribution in [3.63, 3.8) is 0 Å². The quantitative estimate of drug-likeness (QED) is 0.420. The first-order valence-corrected chi connectivity index (χ1v) is 10.2. The van der Waals surface area contributed by atoms with Crippen molar-refractivity contribution >= 4 is 34.8 Å². The summed E-state index contributed by atoms with van der Waals surface area (Å²) in [6.07, 6.45) is 0. The van der Waals surface area contributed by atoms with Crippen LogP contribution in [0, 0.1) is 13.8 Å². The summed E-state index contributed by atoms with van der Waals surface area (Å²) in [6, 6.07) is 14.0. The third kappa shape index (κ3) is 4.19. The van der Waals surface area contributed by atoms with E-state index in [9.17, 15) is 9.59 Å². The van der Waals surface area contributed by atoms with Crippen LogP contribution in [0.4, 0.5) is 0 Å². The molecule has 4 aromatic rings. The molecule has 0 atom stereocenters. The van der Waals surface area contributed by atoms with E-state index >= 15 is 0 Å². The molecule has 0 unspecified atom stereocenters. The number of pyridine rings is 1. The van der Waals surface area contributed by atoms with E-state index in [1.54, 1.807) is 19.1 Å². The molecule has 31 heavy (non-hydrogen) atoms. The highest BCUT2D eigenvalue weighted by Crippen LogP contribution is 2.24. The normalized spacial score (nSPS) is 11.1. The molecule has 0 fully saturated rings. The predicted molar refractivity (Wildman–Crippen MR) is 118 cm³/mol. The smallest absolute Gasteiger partial charge is 0.343 e. The van der Waals surface area contributed by atoms with Crippen molar-refractivity contribution in [3.05, 3.63) is 97.3 Å². The highest BCUT2D eigenvalue weighted by atomic mass is 35.5. The number of ether oxygens (including phenoxy) is 1. The van der Waals surface area contributed by atoms with Crippen LogP contribution in [0.15, 0.2) is 53.3 Å². The fourth-order valence-electron chi connectivity index (χ4n) is 3.33. The van der Waals surface area contributed by atoms with Crippen molar-refractivity contribution in [1.29, 1.82) is 0 Å². The van der Waals surface area contributed by atoms with Crippen molar-refractivity contribution in [3.8, 4) is 0 Å². The van der Waals surface area contributed by atoms with E-state index in [1.165, 1.54) is 15.1 Å². The third-order valence-electron chi connectivity index (χ3n) is 4.83. The Morgan fingerprint density at radius 2 is 1.87 bits per heavy atom. The molecule has 0 saturated heterocycles. The Morgan fingerprint density at radius 3 is 2.65 bits per heavy atom. The first-order chi connectivity index (χ1) is 14.8. The highest BCUT2D eigenvalue weighted by molar-refractivity contribution is 6.33. The predicted octanol–water partition coefficient (Wildman–Crippen LogP) is 4.22. The largest absolute Gasteiger partial charge is 0.455 e. The van der Waals surface area contributed by atoms with Crippen LogP contribution < -0.4 is 5.56 Å². The third-order valence-corrected chi connectivity index (χ3v) is 5.58. The summed E-state index contributed by atoms with van der Waals surface area (Å²) in [4.78, 5) is 29.5. The van der Waals surface area contributed by atoms with Gasteiger partial charge in [-0.1, -0.05) is 47.5 Å². The Hall–Kier alpha value is -3.16. The van der Waals surface area contributed by atoms with Crippen LogP contribution in [-0.4, -0.2) is 25.1 Å². The molecule has 7 nitrogen and oxygen atoms in total. The van der Waals surface area contributed by atoms with Crippen molar-refractivity contribution in [2.24, 2.45) is 0 Å². The minimum Gasteiger partial charge on any atom is -0.455 e. The second-order valence-electron chi connectivity index (χ2n) is 7.02. The second-order valence-corrected chi connectivity index (χ2v) is 7.79. The number of carbonyl (C=O) groups excluding carboxylic acids is 1. The molecule has 0 aliphatic carbocycles. The second kappa shape index (κ2) is 8.53. The monoisotopic (exact) mass is 456 g/mol. The number of hydrogen-bond acceptors (Lipinski definition) is 5.